The van der Waals surface area contributed by atoms with Crippen LogP contribution in [0.5, 0.6) is 0 Å². The van der Waals surface area contributed by atoms with Crippen molar-refractivity contribution in [3.05, 3.63) is 0 Å². The lowest BCUT2D eigenvalue weighted by Gasteiger charge is -2.20. The molecular weight excluding hydrogens is 218 g/mol. The van der Waals surface area contributed by atoms with Crippen molar-refractivity contribution >= 4 is 5.91 Å². The zero-order chi connectivity index (χ0) is 12.7. The van der Waals surface area contributed by atoms with Crippen LogP contribution in [0.15, 0.2) is 0 Å². The highest BCUT2D eigenvalue weighted by Gasteiger charge is 2.23. The predicted molar refractivity (Wildman–Crippen MR) is 68.0 cm³/mol. The first kappa shape index (κ1) is 14.4. The fourth-order valence-corrected chi connectivity index (χ4v) is 2.01. The maximum absolute atomic E-state index is 11.4. The molecule has 100 valence electrons. The van der Waals surface area contributed by atoms with E-state index in [0.29, 0.717) is 31.8 Å². The van der Waals surface area contributed by atoms with Crippen LogP contribution in [0.1, 0.15) is 20.3 Å². The molecule has 1 heterocycles. The molecule has 0 saturated carbocycles. The Balaban J connectivity index is 2.09. The van der Waals surface area contributed by atoms with Crippen LogP contribution in [0.2, 0.25) is 0 Å². The van der Waals surface area contributed by atoms with E-state index in [1.165, 1.54) is 0 Å². The average Bonchev–Trinajstić information content (AvgIpc) is 2.75. The third kappa shape index (κ3) is 5.48. The number of amides is 1. The van der Waals surface area contributed by atoms with E-state index in [-0.39, 0.29) is 5.91 Å². The minimum Gasteiger partial charge on any atom is -0.383 e. The standard InChI is InChI=1S/C12H25N3O2/c1-10(2)15-6-4-11(9-15)14-8-12(16)13-5-7-17-3/h10-11,14H,4-9H2,1-3H3,(H,13,16). The molecule has 1 aliphatic heterocycles. The van der Waals surface area contributed by atoms with Crippen LogP contribution in [0, 0.1) is 0 Å². The van der Waals surface area contributed by atoms with Crippen molar-refractivity contribution < 1.29 is 9.53 Å². The highest BCUT2D eigenvalue weighted by atomic mass is 16.5. The maximum atomic E-state index is 11.4. The van der Waals surface area contributed by atoms with Crippen LogP contribution in [0.3, 0.4) is 0 Å². The third-order valence-electron chi connectivity index (χ3n) is 3.13. The number of methoxy groups -OCH3 is 1. The largest absolute Gasteiger partial charge is 0.383 e. The van der Waals surface area contributed by atoms with Crippen LogP contribution in [0.25, 0.3) is 0 Å². The van der Waals surface area contributed by atoms with Crippen LogP contribution in [0.4, 0.5) is 0 Å². The monoisotopic (exact) mass is 243 g/mol. The fourth-order valence-electron chi connectivity index (χ4n) is 2.01. The van der Waals surface area contributed by atoms with Gasteiger partial charge in [0.1, 0.15) is 0 Å². The van der Waals surface area contributed by atoms with E-state index in [0.717, 1.165) is 19.5 Å². The third-order valence-corrected chi connectivity index (χ3v) is 3.13. The summed E-state index contributed by atoms with van der Waals surface area (Å²) in [6, 6.07) is 1.04. The Morgan fingerprint density at radius 2 is 2.29 bits per heavy atom. The molecule has 2 N–H and O–H groups in total. The second-order valence-electron chi connectivity index (χ2n) is 4.80. The number of carbonyl (C=O) groups excluding carboxylic acids is 1. The first-order valence-electron chi connectivity index (χ1n) is 6.36. The molecule has 0 aromatic heterocycles. The first-order chi connectivity index (χ1) is 8.13. The van der Waals surface area contributed by atoms with Crippen molar-refractivity contribution in [3.63, 3.8) is 0 Å². The lowest BCUT2D eigenvalue weighted by molar-refractivity contribution is -0.120. The summed E-state index contributed by atoms with van der Waals surface area (Å²) in [6.45, 7) is 8.14. The summed E-state index contributed by atoms with van der Waals surface area (Å²) >= 11 is 0. The molecule has 0 bridgehead atoms. The van der Waals surface area contributed by atoms with Crippen molar-refractivity contribution in [2.75, 3.05) is 39.9 Å². The Kier molecular flexibility index (Phi) is 6.47. The van der Waals surface area contributed by atoms with Gasteiger partial charge in [-0.1, -0.05) is 0 Å². The molecule has 1 rings (SSSR count). The van der Waals surface area contributed by atoms with E-state index in [1.54, 1.807) is 7.11 Å². The summed E-state index contributed by atoms with van der Waals surface area (Å²) in [5.74, 6) is 0.0463. The maximum Gasteiger partial charge on any atom is 0.234 e. The topological polar surface area (TPSA) is 53.6 Å². The second-order valence-corrected chi connectivity index (χ2v) is 4.80. The van der Waals surface area contributed by atoms with Crippen molar-refractivity contribution in [1.29, 1.82) is 0 Å². The van der Waals surface area contributed by atoms with Crippen molar-refractivity contribution in [2.45, 2.75) is 32.4 Å². The zero-order valence-corrected chi connectivity index (χ0v) is 11.2. The Morgan fingerprint density at radius 1 is 1.53 bits per heavy atom. The summed E-state index contributed by atoms with van der Waals surface area (Å²) < 4.78 is 4.87. The molecule has 0 aromatic rings. The van der Waals surface area contributed by atoms with Gasteiger partial charge in [0.05, 0.1) is 13.2 Å². The predicted octanol–water partition coefficient (Wildman–Crippen LogP) is -0.179. The van der Waals surface area contributed by atoms with E-state index < -0.39 is 0 Å². The van der Waals surface area contributed by atoms with Crippen molar-refractivity contribution in [2.24, 2.45) is 0 Å². The molecule has 5 nitrogen and oxygen atoms in total. The van der Waals surface area contributed by atoms with Gasteiger partial charge in [-0.2, -0.15) is 0 Å². The van der Waals surface area contributed by atoms with E-state index in [9.17, 15) is 4.79 Å². The van der Waals surface area contributed by atoms with Gasteiger partial charge in [-0.25, -0.2) is 0 Å². The minimum absolute atomic E-state index is 0.0463. The second kappa shape index (κ2) is 7.63. The van der Waals surface area contributed by atoms with Gasteiger partial charge >= 0.3 is 0 Å². The van der Waals surface area contributed by atoms with Gasteiger partial charge in [0.2, 0.25) is 5.91 Å². The number of carbonyl (C=O) groups is 1. The number of ether oxygens (including phenoxy) is 1. The van der Waals surface area contributed by atoms with E-state index >= 15 is 0 Å². The number of nitrogens with zero attached hydrogens (tertiary/aromatic N) is 1. The molecule has 1 fully saturated rings. The number of likely N-dealkylation sites (tertiary alicyclic amines) is 1. The lowest BCUT2D eigenvalue weighted by atomic mass is 10.2. The summed E-state index contributed by atoms with van der Waals surface area (Å²) in [5.41, 5.74) is 0. The molecule has 17 heavy (non-hydrogen) atoms. The molecular formula is C12H25N3O2. The summed E-state index contributed by atoms with van der Waals surface area (Å²) in [5, 5.41) is 6.10. The highest BCUT2D eigenvalue weighted by molar-refractivity contribution is 5.77. The molecule has 0 aromatic carbocycles. The van der Waals surface area contributed by atoms with Gasteiger partial charge in [-0.15, -0.1) is 0 Å². The van der Waals surface area contributed by atoms with Crippen LogP contribution < -0.4 is 10.6 Å². The normalized spacial score (nSPS) is 21.1. The molecule has 1 atom stereocenters. The van der Waals surface area contributed by atoms with Gasteiger partial charge in [0, 0.05) is 32.3 Å². The van der Waals surface area contributed by atoms with Gasteiger partial charge in [0.15, 0.2) is 0 Å². The molecule has 1 aliphatic rings. The van der Waals surface area contributed by atoms with Crippen LogP contribution >= 0.6 is 0 Å². The Bertz CT molecular complexity index is 234. The number of nitrogens with one attached hydrogen (secondary N) is 2. The molecule has 0 aliphatic carbocycles. The number of hydrogen-bond acceptors (Lipinski definition) is 4. The Morgan fingerprint density at radius 3 is 2.88 bits per heavy atom. The number of hydrogen-bond donors (Lipinski definition) is 2. The molecule has 1 unspecified atom stereocenters. The van der Waals surface area contributed by atoms with E-state index in [4.69, 9.17) is 4.74 Å². The minimum atomic E-state index is 0.0463. The van der Waals surface area contributed by atoms with Gasteiger partial charge < -0.3 is 15.4 Å². The van der Waals surface area contributed by atoms with Crippen LogP contribution in [-0.2, 0) is 9.53 Å². The SMILES string of the molecule is COCCNC(=O)CNC1CCN(C(C)C)C1. The molecule has 0 spiro atoms. The summed E-state index contributed by atoms with van der Waals surface area (Å²) in [6.07, 6.45) is 1.13. The highest BCUT2D eigenvalue weighted by Crippen LogP contribution is 2.11. The lowest BCUT2D eigenvalue weighted by Crippen LogP contribution is -2.41. The molecule has 1 saturated heterocycles. The Labute approximate surface area is 104 Å². The Hall–Kier alpha value is -0.650. The smallest absolute Gasteiger partial charge is 0.234 e. The molecule has 5 heteroatoms. The average molecular weight is 243 g/mol. The van der Waals surface area contributed by atoms with Crippen molar-refractivity contribution in [3.8, 4) is 0 Å². The first-order valence-corrected chi connectivity index (χ1v) is 6.36. The fraction of sp³-hybridized carbons (Fsp3) is 0.917. The number of rotatable bonds is 7. The quantitative estimate of drug-likeness (QED) is 0.609. The van der Waals surface area contributed by atoms with Crippen LogP contribution in [-0.4, -0.2) is 62.8 Å². The van der Waals surface area contributed by atoms with Gasteiger partial charge in [0.25, 0.3) is 0 Å². The van der Waals surface area contributed by atoms with Gasteiger partial charge in [-0.3, -0.25) is 9.69 Å². The van der Waals surface area contributed by atoms with E-state index in [2.05, 4.69) is 29.4 Å². The zero-order valence-electron chi connectivity index (χ0n) is 11.2. The summed E-state index contributed by atoms with van der Waals surface area (Å²) in [4.78, 5) is 13.9. The van der Waals surface area contributed by atoms with E-state index in [1.807, 2.05) is 0 Å². The summed E-state index contributed by atoms with van der Waals surface area (Å²) in [7, 11) is 1.63. The molecule has 0 radical (unpaired) electrons. The van der Waals surface area contributed by atoms with Gasteiger partial charge in [-0.05, 0) is 26.8 Å². The van der Waals surface area contributed by atoms with Crippen molar-refractivity contribution in [1.82, 2.24) is 15.5 Å². The molecule has 1 amide bonds.